The molecule has 51 heavy (non-hydrogen) atoms. The van der Waals surface area contributed by atoms with Gasteiger partial charge in [-0.25, -0.2) is 13.3 Å². The van der Waals surface area contributed by atoms with Crippen LogP contribution < -0.4 is 14.9 Å². The van der Waals surface area contributed by atoms with Gasteiger partial charge in [-0.3, -0.25) is 13.9 Å². The zero-order valence-electron chi connectivity index (χ0n) is 29.4. The van der Waals surface area contributed by atoms with Crippen molar-refractivity contribution in [3.05, 3.63) is 175 Å². The number of rotatable bonds is 10. The number of aromatic nitrogens is 2. The van der Waals surface area contributed by atoms with Gasteiger partial charge in [0.25, 0.3) is 0 Å². The predicted octanol–water partition coefficient (Wildman–Crippen LogP) is 8.70. The molecule has 4 aromatic carbocycles. The van der Waals surface area contributed by atoms with E-state index < -0.39 is 5.41 Å². The Morgan fingerprint density at radius 2 is 1.59 bits per heavy atom. The minimum Gasteiger partial charge on any atom is -0.313 e. The highest BCUT2D eigenvalue weighted by molar-refractivity contribution is 8.15. The van der Waals surface area contributed by atoms with E-state index >= 15 is 0 Å². The minimum absolute atomic E-state index is 0.0581. The lowest BCUT2D eigenvalue weighted by atomic mass is 9.76. The summed E-state index contributed by atoms with van der Waals surface area (Å²) in [4.78, 5) is 42.2. The molecule has 0 spiro atoms. The topological polar surface area (TPSA) is 67.6 Å². The standard InChI is InChI=1S/C42H42N4O3S2/c1-30-15-13-21-35(37(30)45-29-43(39(48)50-45)28-42(4)23-11-6-12-24-42)41(2,3)34-20-14-18-32(26-34)27-44-38(47)46(51-40(44)49)36-22-10-9-19-33(36)25-31-16-7-5-8-17-31/h5-23,26H,24-25,27-29H2,1-4H3. The maximum absolute atomic E-state index is 13.8. The van der Waals surface area contributed by atoms with E-state index in [2.05, 4.69) is 98.8 Å². The molecule has 0 bridgehead atoms. The third-order valence-electron chi connectivity index (χ3n) is 10.0. The van der Waals surface area contributed by atoms with Gasteiger partial charge in [0.15, 0.2) is 0 Å². The molecule has 1 unspecified atom stereocenters. The SMILES string of the molecule is Cc1cccc(C(C)(C)c2cccc(Cn3c(=O)sn(-c4ccccc4Cc4ccccc4)c3=O)c2)c1N1CN(CC2(C)C=CC=CC2)C(=O)S1. The number of carbonyl (C=O) groups excluding carboxylic acids is 1. The van der Waals surface area contributed by atoms with Crippen molar-refractivity contribution in [2.24, 2.45) is 5.41 Å². The number of benzene rings is 4. The second-order valence-corrected chi connectivity index (χ2v) is 16.2. The Labute approximate surface area is 307 Å². The quantitative estimate of drug-likeness (QED) is 0.136. The van der Waals surface area contributed by atoms with E-state index in [1.165, 1.54) is 20.5 Å². The Balaban J connectivity index is 1.16. The van der Waals surface area contributed by atoms with Crippen LogP contribution in [0.3, 0.4) is 0 Å². The van der Waals surface area contributed by atoms with Crippen LogP contribution in [0.25, 0.3) is 5.69 Å². The summed E-state index contributed by atoms with van der Waals surface area (Å²) in [6.07, 6.45) is 10.1. The minimum atomic E-state index is -0.451. The molecule has 9 heteroatoms. The van der Waals surface area contributed by atoms with Crippen molar-refractivity contribution in [3.8, 4) is 5.69 Å². The number of anilines is 1. The predicted molar refractivity (Wildman–Crippen MR) is 210 cm³/mol. The second kappa shape index (κ2) is 14.0. The molecule has 260 valence electrons. The first-order valence-corrected chi connectivity index (χ1v) is 18.8. The van der Waals surface area contributed by atoms with Crippen LogP contribution in [0, 0.1) is 12.3 Å². The summed E-state index contributed by atoms with van der Waals surface area (Å²) in [6, 6.07) is 32.4. The highest BCUT2D eigenvalue weighted by atomic mass is 32.2. The Bertz CT molecular complexity index is 2270. The van der Waals surface area contributed by atoms with Crippen LogP contribution in [0.1, 0.15) is 60.6 Å². The number of hydrogen-bond acceptors (Lipinski definition) is 6. The Kier molecular flexibility index (Phi) is 9.52. The lowest BCUT2D eigenvalue weighted by Crippen LogP contribution is -2.37. The summed E-state index contributed by atoms with van der Waals surface area (Å²) in [5.41, 5.74) is 7.15. The van der Waals surface area contributed by atoms with E-state index in [1.54, 1.807) is 0 Å². The molecule has 1 saturated heterocycles. The van der Waals surface area contributed by atoms with Crippen LogP contribution in [0.4, 0.5) is 10.5 Å². The van der Waals surface area contributed by atoms with Gasteiger partial charge in [0.1, 0.15) is 6.67 Å². The van der Waals surface area contributed by atoms with E-state index in [0.717, 1.165) is 62.7 Å². The number of carbonyl (C=O) groups is 1. The highest BCUT2D eigenvalue weighted by Gasteiger charge is 2.37. The zero-order valence-corrected chi connectivity index (χ0v) is 31.0. The first kappa shape index (κ1) is 34.6. The number of nitrogens with zero attached hydrogens (tertiary/aromatic N) is 4. The summed E-state index contributed by atoms with van der Waals surface area (Å²) < 4.78 is 4.98. The molecule has 7 rings (SSSR count). The fourth-order valence-electron chi connectivity index (χ4n) is 7.15. The Morgan fingerprint density at radius 3 is 2.37 bits per heavy atom. The van der Waals surface area contributed by atoms with Crippen LogP contribution in [-0.4, -0.2) is 31.9 Å². The average Bonchev–Trinajstić information content (AvgIpc) is 3.61. The molecule has 2 heterocycles. The van der Waals surface area contributed by atoms with E-state index in [9.17, 15) is 14.4 Å². The number of hydrogen-bond donors (Lipinski definition) is 0. The van der Waals surface area contributed by atoms with Crippen molar-refractivity contribution in [3.63, 3.8) is 0 Å². The number of aryl methyl sites for hydroxylation is 1. The van der Waals surface area contributed by atoms with Crippen LogP contribution in [0.2, 0.25) is 0 Å². The maximum Gasteiger partial charge on any atom is 0.346 e. The van der Waals surface area contributed by atoms with Crippen molar-refractivity contribution in [2.45, 2.75) is 52.5 Å². The van der Waals surface area contributed by atoms with Gasteiger partial charge in [0.2, 0.25) is 0 Å². The number of amides is 1. The zero-order chi connectivity index (χ0) is 35.8. The summed E-state index contributed by atoms with van der Waals surface area (Å²) in [6.45, 7) is 10.0. The van der Waals surface area contributed by atoms with E-state index in [-0.39, 0.29) is 27.8 Å². The molecule has 0 N–H and O–H groups in total. The fraction of sp³-hybridized carbons (Fsp3) is 0.262. The van der Waals surface area contributed by atoms with Crippen LogP contribution in [0.15, 0.2) is 131 Å². The summed E-state index contributed by atoms with van der Waals surface area (Å²) in [7, 11) is 0. The summed E-state index contributed by atoms with van der Waals surface area (Å²) >= 11 is 2.21. The van der Waals surface area contributed by atoms with Crippen LogP contribution in [-0.2, 0) is 18.4 Å². The molecule has 1 aliphatic heterocycles. The molecule has 2 aliphatic rings. The Hall–Kier alpha value is -4.86. The molecule has 5 aromatic rings. The van der Waals surface area contributed by atoms with Gasteiger partial charge in [-0.2, -0.15) is 0 Å². The van der Waals surface area contributed by atoms with Gasteiger partial charge in [0, 0.05) is 28.9 Å². The molecule has 1 atom stereocenters. The van der Waals surface area contributed by atoms with Crippen LogP contribution in [0.5, 0.6) is 0 Å². The monoisotopic (exact) mass is 714 g/mol. The smallest absolute Gasteiger partial charge is 0.313 e. The maximum atomic E-state index is 13.8. The lowest BCUT2D eigenvalue weighted by molar-refractivity contribution is 0.207. The summed E-state index contributed by atoms with van der Waals surface area (Å²) in [5.74, 6) is 0. The number of allylic oxidation sites excluding steroid dienone is 3. The van der Waals surface area contributed by atoms with E-state index in [0.29, 0.717) is 19.6 Å². The van der Waals surface area contributed by atoms with Gasteiger partial charge in [-0.1, -0.05) is 136 Å². The first-order valence-electron chi connectivity index (χ1n) is 17.3. The normalized spacial score (nSPS) is 17.5. The van der Waals surface area contributed by atoms with Crippen molar-refractivity contribution in [1.29, 1.82) is 0 Å². The third kappa shape index (κ3) is 7.05. The third-order valence-corrected chi connectivity index (χ3v) is 11.9. The van der Waals surface area contributed by atoms with Crippen molar-refractivity contribution >= 4 is 34.4 Å². The molecule has 1 amide bonds. The van der Waals surface area contributed by atoms with Gasteiger partial charge in [-0.05, 0) is 59.2 Å². The van der Waals surface area contributed by atoms with Crippen molar-refractivity contribution < 1.29 is 4.79 Å². The summed E-state index contributed by atoms with van der Waals surface area (Å²) in [5, 5.41) is 0.0581. The Morgan fingerprint density at radius 1 is 0.843 bits per heavy atom. The first-order chi connectivity index (χ1) is 24.5. The molecule has 7 nitrogen and oxygen atoms in total. The molecule has 0 saturated carbocycles. The number of para-hydroxylation sites is 2. The van der Waals surface area contributed by atoms with Crippen molar-refractivity contribution in [2.75, 3.05) is 17.5 Å². The second-order valence-electron chi connectivity index (χ2n) is 14.3. The lowest BCUT2D eigenvalue weighted by Gasteiger charge is -2.33. The van der Waals surface area contributed by atoms with Crippen LogP contribution >= 0.6 is 23.5 Å². The van der Waals surface area contributed by atoms with Gasteiger partial charge in [0.05, 0.1) is 29.9 Å². The van der Waals surface area contributed by atoms with E-state index in [1.807, 2.05) is 59.5 Å². The molecule has 1 aromatic heterocycles. The van der Waals surface area contributed by atoms with Gasteiger partial charge >= 0.3 is 15.8 Å². The van der Waals surface area contributed by atoms with Gasteiger partial charge in [-0.15, -0.1) is 0 Å². The van der Waals surface area contributed by atoms with Gasteiger partial charge < -0.3 is 4.90 Å². The fourth-order valence-corrected chi connectivity index (χ4v) is 8.96. The largest absolute Gasteiger partial charge is 0.346 e. The van der Waals surface area contributed by atoms with E-state index in [4.69, 9.17) is 0 Å². The van der Waals surface area contributed by atoms with Crippen molar-refractivity contribution in [1.82, 2.24) is 13.4 Å². The highest BCUT2D eigenvalue weighted by Crippen LogP contribution is 2.44. The average molecular weight is 715 g/mol. The molecular weight excluding hydrogens is 673 g/mol. The molecule has 0 radical (unpaired) electrons. The molecule has 1 fully saturated rings. The molecule has 1 aliphatic carbocycles. The molecular formula is C42H42N4O3S2.